The van der Waals surface area contributed by atoms with Crippen molar-refractivity contribution in [3.63, 3.8) is 0 Å². The first-order valence-electron chi connectivity index (χ1n) is 6.59. The molecular weight excluding hydrogens is 287 g/mol. The van der Waals surface area contributed by atoms with Crippen molar-refractivity contribution in [1.29, 1.82) is 0 Å². The lowest BCUT2D eigenvalue weighted by molar-refractivity contribution is 0.0601. The molecule has 1 heterocycles. The van der Waals surface area contributed by atoms with Crippen molar-refractivity contribution in [1.82, 2.24) is 4.98 Å². The normalized spacial score (nSPS) is 10.4. The second-order valence-electron chi connectivity index (χ2n) is 4.90. The van der Waals surface area contributed by atoms with Gasteiger partial charge in [0.05, 0.1) is 14.2 Å². The van der Waals surface area contributed by atoms with E-state index in [1.54, 1.807) is 6.07 Å². The molecule has 0 aliphatic heterocycles. The number of benzene rings is 1. The highest BCUT2D eigenvalue weighted by Crippen LogP contribution is 2.35. The van der Waals surface area contributed by atoms with Gasteiger partial charge in [-0.1, -0.05) is 6.07 Å². The highest BCUT2D eigenvalue weighted by molar-refractivity contribution is 5.94. The van der Waals surface area contributed by atoms with Gasteiger partial charge in [0.15, 0.2) is 5.82 Å². The highest BCUT2D eigenvalue weighted by Gasteiger charge is 2.21. The summed E-state index contributed by atoms with van der Waals surface area (Å²) in [4.78, 5) is 15.6. The lowest BCUT2D eigenvalue weighted by Crippen LogP contribution is -2.10. The number of anilines is 1. The van der Waals surface area contributed by atoms with Crippen LogP contribution < -0.4 is 10.5 Å². The molecule has 0 fully saturated rings. The van der Waals surface area contributed by atoms with Gasteiger partial charge in [0.1, 0.15) is 22.8 Å². The summed E-state index contributed by atoms with van der Waals surface area (Å²) in [7, 11) is 2.70. The van der Waals surface area contributed by atoms with E-state index in [0.29, 0.717) is 11.3 Å². The summed E-state index contributed by atoms with van der Waals surface area (Å²) in [5.74, 6) is -0.998. The Balaban J connectivity index is 2.69. The molecule has 5 nitrogen and oxygen atoms in total. The number of nitrogens with zero attached hydrogens (tertiary/aromatic N) is 1. The molecule has 6 heteroatoms. The first kappa shape index (κ1) is 15.8. The number of carbonyl (C=O) groups excluding carboxylic acids is 1. The number of esters is 1. The van der Waals surface area contributed by atoms with Crippen LogP contribution in [0.15, 0.2) is 18.2 Å². The van der Waals surface area contributed by atoms with Crippen molar-refractivity contribution in [2.45, 2.75) is 13.8 Å². The second-order valence-corrected chi connectivity index (χ2v) is 4.90. The summed E-state index contributed by atoms with van der Waals surface area (Å²) in [5.41, 5.74) is 7.98. The van der Waals surface area contributed by atoms with Crippen molar-refractivity contribution in [2.24, 2.45) is 0 Å². The zero-order valence-electron chi connectivity index (χ0n) is 12.9. The van der Waals surface area contributed by atoms with Gasteiger partial charge in [0, 0.05) is 5.56 Å². The van der Waals surface area contributed by atoms with Crippen molar-refractivity contribution in [2.75, 3.05) is 20.0 Å². The predicted octanol–water partition coefficient (Wildman–Crippen LogP) is 2.88. The third-order valence-electron chi connectivity index (χ3n) is 3.31. The van der Waals surface area contributed by atoms with Gasteiger partial charge in [-0.05, 0) is 37.1 Å². The van der Waals surface area contributed by atoms with Crippen LogP contribution in [0.2, 0.25) is 0 Å². The summed E-state index contributed by atoms with van der Waals surface area (Å²) in [6.45, 7) is 3.74. The average Bonchev–Trinajstić information content (AvgIpc) is 2.48. The molecule has 0 spiro atoms. The molecule has 0 bridgehead atoms. The Kier molecular flexibility index (Phi) is 4.30. The molecule has 0 radical (unpaired) electrons. The number of hydrogen-bond donors (Lipinski definition) is 1. The third-order valence-corrected chi connectivity index (χ3v) is 3.31. The number of aryl methyl sites for hydroxylation is 2. The molecule has 22 heavy (non-hydrogen) atoms. The van der Waals surface area contributed by atoms with Gasteiger partial charge in [0.25, 0.3) is 0 Å². The summed E-state index contributed by atoms with van der Waals surface area (Å²) in [6.07, 6.45) is 0. The van der Waals surface area contributed by atoms with E-state index in [4.69, 9.17) is 10.5 Å². The molecule has 0 aliphatic rings. The van der Waals surface area contributed by atoms with Crippen molar-refractivity contribution in [3.05, 3.63) is 40.7 Å². The van der Waals surface area contributed by atoms with Crippen molar-refractivity contribution in [3.8, 4) is 17.0 Å². The predicted molar refractivity (Wildman–Crippen MR) is 81.4 cm³/mol. The highest BCUT2D eigenvalue weighted by atomic mass is 19.1. The molecule has 2 N–H and O–H groups in total. The Labute approximate surface area is 127 Å². The van der Waals surface area contributed by atoms with E-state index in [-0.39, 0.29) is 17.1 Å². The first-order valence-corrected chi connectivity index (χ1v) is 6.59. The number of ether oxygens (including phenoxy) is 2. The Morgan fingerprint density at radius 3 is 2.50 bits per heavy atom. The number of carbonyl (C=O) groups is 1. The number of rotatable bonds is 3. The molecule has 0 aliphatic carbocycles. The zero-order valence-corrected chi connectivity index (χ0v) is 12.9. The van der Waals surface area contributed by atoms with Gasteiger partial charge in [0.2, 0.25) is 0 Å². The molecule has 2 aromatic rings. The largest absolute Gasteiger partial charge is 0.496 e. The smallest absolute Gasteiger partial charge is 0.341 e. The number of hydrogen-bond acceptors (Lipinski definition) is 5. The number of pyridine rings is 1. The van der Waals surface area contributed by atoms with Gasteiger partial charge < -0.3 is 15.2 Å². The zero-order chi connectivity index (χ0) is 16.4. The van der Waals surface area contributed by atoms with E-state index in [1.165, 1.54) is 14.2 Å². The van der Waals surface area contributed by atoms with Crippen LogP contribution in [-0.4, -0.2) is 25.2 Å². The maximum Gasteiger partial charge on any atom is 0.341 e. The monoisotopic (exact) mass is 304 g/mol. The Morgan fingerprint density at radius 1 is 1.23 bits per heavy atom. The van der Waals surface area contributed by atoms with E-state index < -0.39 is 11.8 Å². The van der Waals surface area contributed by atoms with Crippen molar-refractivity contribution < 1.29 is 18.7 Å². The fraction of sp³-hybridized carbons (Fsp3) is 0.250. The minimum atomic E-state index is -0.733. The van der Waals surface area contributed by atoms with Crippen LogP contribution in [0.3, 0.4) is 0 Å². The molecule has 0 saturated carbocycles. The van der Waals surface area contributed by atoms with E-state index >= 15 is 0 Å². The lowest BCUT2D eigenvalue weighted by Gasteiger charge is -2.14. The molecule has 0 amide bonds. The van der Waals surface area contributed by atoms with Gasteiger partial charge in [-0.25, -0.2) is 14.2 Å². The number of halogens is 1. The summed E-state index contributed by atoms with van der Waals surface area (Å²) >= 11 is 0. The molecular formula is C16H17FN2O3. The molecule has 0 saturated heterocycles. The molecule has 2 rings (SSSR count). The van der Waals surface area contributed by atoms with Crippen molar-refractivity contribution >= 4 is 11.8 Å². The van der Waals surface area contributed by atoms with Crippen LogP contribution in [0.1, 0.15) is 21.5 Å². The van der Waals surface area contributed by atoms with Crippen LogP contribution in [0.4, 0.5) is 10.2 Å². The first-order chi connectivity index (χ1) is 10.4. The number of aromatic nitrogens is 1. The SMILES string of the molecule is COC(=O)c1cc(F)c(-c2c(C)cc(C)cc2OC)nc1N. The van der Waals surface area contributed by atoms with Crippen LogP contribution in [0, 0.1) is 19.7 Å². The van der Waals surface area contributed by atoms with Crippen LogP contribution in [-0.2, 0) is 4.74 Å². The Bertz CT molecular complexity index is 745. The topological polar surface area (TPSA) is 74.4 Å². The molecule has 116 valence electrons. The summed E-state index contributed by atoms with van der Waals surface area (Å²) < 4.78 is 24.3. The van der Waals surface area contributed by atoms with Gasteiger partial charge in [-0.2, -0.15) is 0 Å². The van der Waals surface area contributed by atoms with Gasteiger partial charge in [-0.3, -0.25) is 0 Å². The van der Waals surface area contributed by atoms with Gasteiger partial charge in [-0.15, -0.1) is 0 Å². The number of methoxy groups -OCH3 is 2. The van der Waals surface area contributed by atoms with Gasteiger partial charge >= 0.3 is 5.97 Å². The molecule has 1 aromatic carbocycles. The van der Waals surface area contributed by atoms with E-state index in [1.807, 2.05) is 19.9 Å². The lowest BCUT2D eigenvalue weighted by atomic mass is 10.00. The second kappa shape index (κ2) is 6.01. The quantitative estimate of drug-likeness (QED) is 0.883. The van der Waals surface area contributed by atoms with E-state index in [9.17, 15) is 9.18 Å². The Morgan fingerprint density at radius 2 is 1.91 bits per heavy atom. The summed E-state index contributed by atoms with van der Waals surface area (Å²) in [6, 6.07) is 4.71. The van der Waals surface area contributed by atoms with Crippen LogP contribution in [0.25, 0.3) is 11.3 Å². The minimum Gasteiger partial charge on any atom is -0.496 e. The van der Waals surface area contributed by atoms with E-state index in [2.05, 4.69) is 9.72 Å². The number of nitrogens with two attached hydrogens (primary N) is 1. The molecule has 0 atom stereocenters. The molecule has 0 unspecified atom stereocenters. The molecule has 1 aromatic heterocycles. The standard InChI is InChI=1S/C16H17FN2O3/c1-8-5-9(2)13(12(6-8)21-3)14-11(17)7-10(15(18)19-14)16(20)22-4/h5-7H,1-4H3,(H2,18,19). The summed E-state index contributed by atoms with van der Waals surface area (Å²) in [5, 5.41) is 0. The maximum atomic E-state index is 14.4. The maximum absolute atomic E-state index is 14.4. The van der Waals surface area contributed by atoms with E-state index in [0.717, 1.165) is 17.2 Å². The fourth-order valence-electron chi connectivity index (χ4n) is 2.34. The Hall–Kier alpha value is -2.63. The average molecular weight is 304 g/mol. The van der Waals surface area contributed by atoms with Crippen LogP contribution >= 0.6 is 0 Å². The fourth-order valence-corrected chi connectivity index (χ4v) is 2.34. The third kappa shape index (κ3) is 2.72. The van der Waals surface area contributed by atoms with Crippen LogP contribution in [0.5, 0.6) is 5.75 Å². The minimum absolute atomic E-state index is 0.0412. The number of nitrogen functional groups attached to an aromatic ring is 1.